The van der Waals surface area contributed by atoms with Gasteiger partial charge in [-0.3, -0.25) is 0 Å². The Balaban J connectivity index is 2.74. The van der Waals surface area contributed by atoms with Crippen LogP contribution in [0.5, 0.6) is 5.88 Å². The molecule has 1 aromatic heterocycles. The van der Waals surface area contributed by atoms with E-state index in [-0.39, 0.29) is 16.3 Å². The summed E-state index contributed by atoms with van der Waals surface area (Å²) < 4.78 is 65.0. The van der Waals surface area contributed by atoms with Crippen molar-refractivity contribution in [1.82, 2.24) is 9.97 Å². The fraction of sp³-hybridized carbons (Fsp3) is 0.500. The summed E-state index contributed by atoms with van der Waals surface area (Å²) >= 11 is 2.93. The molecule has 3 nitrogen and oxygen atoms in total. The van der Waals surface area contributed by atoms with Crippen LogP contribution in [0.15, 0.2) is 10.7 Å². The Morgan fingerprint density at radius 1 is 1.24 bits per heavy atom. The maximum Gasteiger partial charge on any atom is 0.456 e. The van der Waals surface area contributed by atoms with Gasteiger partial charge in [0, 0.05) is 6.07 Å². The zero-order valence-corrected chi connectivity index (χ0v) is 9.94. The van der Waals surface area contributed by atoms with Crippen LogP contribution in [0.2, 0.25) is 0 Å². The van der Waals surface area contributed by atoms with Crippen LogP contribution in [-0.2, 0) is 0 Å². The van der Waals surface area contributed by atoms with E-state index in [0.717, 1.165) is 6.07 Å². The monoisotopic (exact) mass is 320 g/mol. The third-order valence-corrected chi connectivity index (χ3v) is 2.01. The van der Waals surface area contributed by atoms with Crippen LogP contribution >= 0.6 is 15.9 Å². The van der Waals surface area contributed by atoms with Crippen molar-refractivity contribution in [3.63, 3.8) is 0 Å². The molecule has 0 aliphatic carbocycles. The highest BCUT2D eigenvalue weighted by molar-refractivity contribution is 9.10. The maximum absolute atomic E-state index is 12.5. The lowest BCUT2D eigenvalue weighted by Gasteiger charge is -2.19. The van der Waals surface area contributed by atoms with Gasteiger partial charge in [0.05, 0.1) is 0 Å². The van der Waals surface area contributed by atoms with Gasteiger partial charge in [0.1, 0.15) is 10.4 Å². The van der Waals surface area contributed by atoms with Crippen molar-refractivity contribution in [2.45, 2.75) is 19.0 Å². The summed E-state index contributed by atoms with van der Waals surface area (Å²) in [7, 11) is 0. The smallest absolute Gasteiger partial charge is 0.456 e. The number of rotatable bonds is 3. The van der Waals surface area contributed by atoms with Gasteiger partial charge in [-0.05, 0) is 22.9 Å². The van der Waals surface area contributed by atoms with Gasteiger partial charge in [0.25, 0.3) is 0 Å². The molecule has 1 rings (SSSR count). The molecule has 0 spiro atoms. The van der Waals surface area contributed by atoms with E-state index in [1.54, 1.807) is 0 Å². The average Bonchev–Trinajstić information content (AvgIpc) is 2.11. The van der Waals surface area contributed by atoms with Crippen LogP contribution in [0.25, 0.3) is 0 Å². The number of alkyl halides is 5. The third-order valence-electron chi connectivity index (χ3n) is 1.60. The molecular formula is C8H6BrF5N2O. The van der Waals surface area contributed by atoms with Crippen LogP contribution < -0.4 is 4.74 Å². The highest BCUT2D eigenvalue weighted by Gasteiger charge is 2.58. The van der Waals surface area contributed by atoms with Crippen LogP contribution in [0.4, 0.5) is 22.0 Å². The number of aryl methyl sites for hydroxylation is 1. The minimum absolute atomic E-state index is 0.185. The Bertz CT molecular complexity index is 389. The van der Waals surface area contributed by atoms with Crippen LogP contribution in [0.3, 0.4) is 0 Å². The topological polar surface area (TPSA) is 35.0 Å². The fourth-order valence-electron chi connectivity index (χ4n) is 0.826. The standard InChI is InChI=1S/C8H6BrF5N2O/c1-4-15-5(9)2-6(16-4)17-3-7(10,11)8(12,13)14/h2H,3H2,1H3. The molecule has 96 valence electrons. The first-order chi connectivity index (χ1) is 7.62. The molecule has 0 fully saturated rings. The average molecular weight is 321 g/mol. The van der Waals surface area contributed by atoms with Crippen molar-refractivity contribution in [2.75, 3.05) is 6.61 Å². The normalized spacial score (nSPS) is 12.6. The van der Waals surface area contributed by atoms with Crippen molar-refractivity contribution in [3.05, 3.63) is 16.5 Å². The molecule has 1 aromatic rings. The van der Waals surface area contributed by atoms with Crippen molar-refractivity contribution < 1.29 is 26.7 Å². The van der Waals surface area contributed by atoms with Crippen molar-refractivity contribution in [3.8, 4) is 5.88 Å². The Morgan fingerprint density at radius 3 is 2.29 bits per heavy atom. The first kappa shape index (κ1) is 14.1. The van der Waals surface area contributed by atoms with Crippen LogP contribution in [0, 0.1) is 6.92 Å². The second kappa shape index (κ2) is 4.71. The highest BCUT2D eigenvalue weighted by atomic mass is 79.9. The van der Waals surface area contributed by atoms with E-state index in [2.05, 4.69) is 30.6 Å². The van der Waals surface area contributed by atoms with Gasteiger partial charge in [0.15, 0.2) is 6.61 Å². The minimum atomic E-state index is -5.65. The Labute approximate surface area is 101 Å². The number of ether oxygens (including phenoxy) is 1. The lowest BCUT2D eigenvalue weighted by molar-refractivity contribution is -0.290. The molecule has 0 radical (unpaired) electrons. The largest absolute Gasteiger partial charge is 0.471 e. The molecule has 0 unspecified atom stereocenters. The van der Waals surface area contributed by atoms with Crippen LogP contribution in [-0.4, -0.2) is 28.7 Å². The summed E-state index contributed by atoms with van der Waals surface area (Å²) in [6.45, 7) is -0.376. The van der Waals surface area contributed by atoms with E-state index >= 15 is 0 Å². The van der Waals surface area contributed by atoms with Gasteiger partial charge in [-0.2, -0.15) is 26.9 Å². The highest BCUT2D eigenvalue weighted by Crippen LogP contribution is 2.35. The van der Waals surface area contributed by atoms with E-state index in [4.69, 9.17) is 0 Å². The van der Waals surface area contributed by atoms with Crippen molar-refractivity contribution in [2.24, 2.45) is 0 Å². The molecular weight excluding hydrogens is 315 g/mol. The fourth-order valence-corrected chi connectivity index (χ4v) is 1.28. The Morgan fingerprint density at radius 2 is 1.82 bits per heavy atom. The lowest BCUT2D eigenvalue weighted by Crippen LogP contribution is -2.41. The summed E-state index contributed by atoms with van der Waals surface area (Å²) in [4.78, 5) is 7.30. The van der Waals surface area contributed by atoms with E-state index in [1.165, 1.54) is 6.92 Å². The molecule has 0 saturated carbocycles. The van der Waals surface area contributed by atoms with Crippen LogP contribution in [0.1, 0.15) is 5.82 Å². The van der Waals surface area contributed by atoms with Gasteiger partial charge < -0.3 is 4.74 Å². The molecule has 0 atom stereocenters. The number of halogens is 6. The molecule has 0 aromatic carbocycles. The van der Waals surface area contributed by atoms with Gasteiger partial charge >= 0.3 is 12.1 Å². The number of hydrogen-bond acceptors (Lipinski definition) is 3. The zero-order chi connectivity index (χ0) is 13.3. The van der Waals surface area contributed by atoms with E-state index in [1.807, 2.05) is 0 Å². The molecule has 9 heteroatoms. The quantitative estimate of drug-likeness (QED) is 0.634. The van der Waals surface area contributed by atoms with E-state index in [9.17, 15) is 22.0 Å². The summed E-state index contributed by atoms with van der Waals surface area (Å²) in [6.07, 6.45) is -5.65. The number of nitrogens with zero attached hydrogens (tertiary/aromatic N) is 2. The molecule has 0 aliphatic rings. The third kappa shape index (κ3) is 3.76. The minimum Gasteiger partial charge on any atom is -0.471 e. The summed E-state index contributed by atoms with van der Waals surface area (Å²) in [5.74, 6) is -5.09. The molecule has 17 heavy (non-hydrogen) atoms. The summed E-state index contributed by atoms with van der Waals surface area (Å²) in [5, 5.41) is 0. The van der Waals surface area contributed by atoms with Crippen molar-refractivity contribution in [1.29, 1.82) is 0 Å². The molecule has 1 heterocycles. The van der Waals surface area contributed by atoms with Gasteiger partial charge in [-0.15, -0.1) is 0 Å². The molecule has 0 aliphatic heterocycles. The predicted octanol–water partition coefficient (Wildman–Crippen LogP) is 3.12. The first-order valence-corrected chi connectivity index (χ1v) is 5.00. The molecule has 0 N–H and O–H groups in total. The number of aromatic nitrogens is 2. The van der Waals surface area contributed by atoms with Crippen molar-refractivity contribution >= 4 is 15.9 Å². The number of hydrogen-bond donors (Lipinski definition) is 0. The second-order valence-electron chi connectivity index (χ2n) is 3.07. The summed E-state index contributed by atoms with van der Waals surface area (Å²) in [6, 6.07) is 1.10. The molecule has 0 saturated heterocycles. The predicted molar refractivity (Wildman–Crippen MR) is 51.0 cm³/mol. The Kier molecular flexibility index (Phi) is 3.90. The SMILES string of the molecule is Cc1nc(Br)cc(OCC(F)(F)C(F)(F)F)n1. The Hall–Kier alpha value is -0.990. The maximum atomic E-state index is 12.5. The molecule has 0 amide bonds. The lowest BCUT2D eigenvalue weighted by atomic mass is 10.3. The van der Waals surface area contributed by atoms with Gasteiger partial charge in [0.2, 0.25) is 5.88 Å². The van der Waals surface area contributed by atoms with Gasteiger partial charge in [-0.1, -0.05) is 0 Å². The second-order valence-corrected chi connectivity index (χ2v) is 3.88. The first-order valence-electron chi connectivity index (χ1n) is 4.20. The van der Waals surface area contributed by atoms with E-state index in [0.29, 0.717) is 0 Å². The zero-order valence-electron chi connectivity index (χ0n) is 8.35. The van der Waals surface area contributed by atoms with Gasteiger partial charge in [-0.25, -0.2) is 4.98 Å². The summed E-state index contributed by atoms with van der Waals surface area (Å²) in [5.41, 5.74) is 0. The molecule has 0 bridgehead atoms. The van der Waals surface area contributed by atoms with E-state index < -0.39 is 18.7 Å².